The molecular formula is C11H16N2O5. The number of ether oxygens (including phenoxy) is 1. The summed E-state index contributed by atoms with van der Waals surface area (Å²) >= 11 is 0. The highest BCUT2D eigenvalue weighted by molar-refractivity contribution is 5.99. The zero-order valence-electron chi connectivity index (χ0n) is 10.2. The van der Waals surface area contributed by atoms with Crippen LogP contribution in [-0.4, -0.2) is 54.7 Å². The second-order valence-electron chi connectivity index (χ2n) is 3.96. The first-order valence-corrected chi connectivity index (χ1v) is 5.73. The van der Waals surface area contributed by atoms with Gasteiger partial charge in [-0.2, -0.15) is 0 Å². The lowest BCUT2D eigenvalue weighted by atomic mass is 10.2. The predicted octanol–water partition coefficient (Wildman–Crippen LogP) is -1.14. The molecule has 0 aromatic heterocycles. The Bertz CT molecular complexity index is 350. The van der Waals surface area contributed by atoms with Gasteiger partial charge in [0.1, 0.15) is 5.78 Å². The number of esters is 1. The van der Waals surface area contributed by atoms with Crippen LogP contribution in [0.4, 0.5) is 0 Å². The average Bonchev–Trinajstić information content (AvgIpc) is 2.25. The number of carbonyl (C=O) groups excluding carboxylic acids is 4. The molecule has 1 aliphatic rings. The van der Waals surface area contributed by atoms with E-state index < -0.39 is 17.8 Å². The number of piperazine rings is 1. The molecule has 1 N–H and O–H groups in total. The molecule has 0 bridgehead atoms. The van der Waals surface area contributed by atoms with Crippen LogP contribution in [0.25, 0.3) is 0 Å². The van der Waals surface area contributed by atoms with Crippen molar-refractivity contribution in [1.29, 1.82) is 0 Å². The van der Waals surface area contributed by atoms with Gasteiger partial charge in [0.15, 0.2) is 0 Å². The van der Waals surface area contributed by atoms with E-state index >= 15 is 0 Å². The van der Waals surface area contributed by atoms with Gasteiger partial charge in [0, 0.05) is 6.42 Å². The number of amides is 2. The fourth-order valence-electron chi connectivity index (χ4n) is 1.61. The van der Waals surface area contributed by atoms with Gasteiger partial charge in [-0.15, -0.1) is 0 Å². The molecule has 18 heavy (non-hydrogen) atoms. The van der Waals surface area contributed by atoms with Crippen molar-refractivity contribution in [2.24, 2.45) is 0 Å². The Hall–Kier alpha value is -1.76. The highest BCUT2D eigenvalue weighted by atomic mass is 16.5. The number of rotatable bonds is 6. The number of Topliss-reactive ketones (excluding diaryl/α,β-unsaturated/α-hetero) is 1. The number of imide groups is 1. The molecule has 7 nitrogen and oxygen atoms in total. The molecule has 0 aliphatic carbocycles. The van der Waals surface area contributed by atoms with Crippen LogP contribution in [0.1, 0.15) is 19.8 Å². The predicted molar refractivity (Wildman–Crippen MR) is 60.5 cm³/mol. The molecule has 1 rings (SSSR count). The molecule has 7 heteroatoms. The fourth-order valence-corrected chi connectivity index (χ4v) is 1.61. The summed E-state index contributed by atoms with van der Waals surface area (Å²) in [5, 5.41) is 2.14. The lowest BCUT2D eigenvalue weighted by molar-refractivity contribution is -0.145. The van der Waals surface area contributed by atoms with E-state index in [0.29, 0.717) is 0 Å². The Morgan fingerprint density at radius 1 is 1.22 bits per heavy atom. The van der Waals surface area contributed by atoms with Crippen LogP contribution in [0, 0.1) is 0 Å². The second kappa shape index (κ2) is 6.85. The van der Waals surface area contributed by atoms with Crippen LogP contribution in [0.5, 0.6) is 0 Å². The Labute approximate surface area is 104 Å². The lowest BCUT2D eigenvalue weighted by Crippen LogP contribution is -2.52. The first-order valence-electron chi connectivity index (χ1n) is 5.73. The molecule has 0 atom stereocenters. The third-order valence-electron chi connectivity index (χ3n) is 2.33. The number of carbonyl (C=O) groups is 4. The van der Waals surface area contributed by atoms with Gasteiger partial charge in [0.2, 0.25) is 11.8 Å². The molecule has 0 aromatic rings. The summed E-state index contributed by atoms with van der Waals surface area (Å²) in [7, 11) is 0. The normalized spacial score (nSPS) is 16.3. The molecule has 0 unspecified atom stereocenters. The molecular weight excluding hydrogens is 240 g/mol. The summed E-state index contributed by atoms with van der Waals surface area (Å²) in [6.07, 6.45) is 0.0891. The minimum absolute atomic E-state index is 0.00142. The van der Waals surface area contributed by atoms with Gasteiger partial charge < -0.3 is 4.74 Å². The van der Waals surface area contributed by atoms with Crippen molar-refractivity contribution >= 4 is 23.6 Å². The zero-order chi connectivity index (χ0) is 13.5. The van der Waals surface area contributed by atoms with Crippen LogP contribution in [0.2, 0.25) is 0 Å². The fraction of sp³-hybridized carbons (Fsp3) is 0.636. The summed E-state index contributed by atoms with van der Waals surface area (Å²) in [5.74, 6) is -1.43. The van der Waals surface area contributed by atoms with Crippen LogP contribution < -0.4 is 5.32 Å². The van der Waals surface area contributed by atoms with Crippen LogP contribution in [0.3, 0.4) is 0 Å². The molecule has 0 spiro atoms. The van der Waals surface area contributed by atoms with Crippen molar-refractivity contribution in [3.63, 3.8) is 0 Å². The van der Waals surface area contributed by atoms with Crippen LogP contribution in [-0.2, 0) is 23.9 Å². The van der Waals surface area contributed by atoms with Crippen LogP contribution in [0.15, 0.2) is 0 Å². The standard InChI is InChI=1S/C11H16N2O5/c1-2-18-11(17)4-3-8(14)5-13-6-9(15)12-10(16)7-13/h2-7H2,1H3,(H,12,15,16). The Morgan fingerprint density at radius 2 is 1.83 bits per heavy atom. The molecule has 1 heterocycles. The number of hydrogen-bond donors (Lipinski definition) is 1. The van der Waals surface area contributed by atoms with Crippen molar-refractivity contribution < 1.29 is 23.9 Å². The molecule has 100 valence electrons. The van der Waals surface area contributed by atoms with Crippen molar-refractivity contribution in [2.75, 3.05) is 26.2 Å². The molecule has 0 saturated carbocycles. The average molecular weight is 256 g/mol. The van der Waals surface area contributed by atoms with Crippen molar-refractivity contribution in [3.8, 4) is 0 Å². The third kappa shape index (κ3) is 5.05. The van der Waals surface area contributed by atoms with E-state index in [1.807, 2.05) is 0 Å². The van der Waals surface area contributed by atoms with E-state index in [4.69, 9.17) is 4.74 Å². The maximum absolute atomic E-state index is 11.5. The number of nitrogens with one attached hydrogen (secondary N) is 1. The summed E-state index contributed by atoms with van der Waals surface area (Å²) in [6, 6.07) is 0. The topological polar surface area (TPSA) is 92.8 Å². The van der Waals surface area contributed by atoms with Crippen LogP contribution >= 0.6 is 0 Å². The van der Waals surface area contributed by atoms with E-state index in [-0.39, 0.29) is 44.9 Å². The first-order chi connectivity index (χ1) is 8.51. The van der Waals surface area contributed by atoms with Gasteiger partial charge in [0.25, 0.3) is 0 Å². The van der Waals surface area contributed by atoms with Crippen molar-refractivity contribution in [1.82, 2.24) is 10.2 Å². The van der Waals surface area contributed by atoms with Gasteiger partial charge in [-0.05, 0) is 6.92 Å². The minimum atomic E-state index is -0.418. The largest absolute Gasteiger partial charge is 0.466 e. The Morgan fingerprint density at radius 3 is 2.39 bits per heavy atom. The number of ketones is 1. The number of nitrogens with zero attached hydrogens (tertiary/aromatic N) is 1. The number of hydrogen-bond acceptors (Lipinski definition) is 6. The van der Waals surface area contributed by atoms with E-state index in [1.165, 1.54) is 4.90 Å². The SMILES string of the molecule is CCOC(=O)CCC(=O)CN1CC(=O)NC(=O)C1. The Balaban J connectivity index is 2.29. The summed E-state index contributed by atoms with van der Waals surface area (Å²) in [4.78, 5) is 46.1. The summed E-state index contributed by atoms with van der Waals surface area (Å²) in [5.41, 5.74) is 0. The molecule has 2 amide bonds. The minimum Gasteiger partial charge on any atom is -0.466 e. The zero-order valence-corrected chi connectivity index (χ0v) is 10.2. The van der Waals surface area contributed by atoms with E-state index in [9.17, 15) is 19.2 Å². The second-order valence-corrected chi connectivity index (χ2v) is 3.96. The van der Waals surface area contributed by atoms with Gasteiger partial charge in [-0.3, -0.25) is 29.4 Å². The molecule has 1 aliphatic heterocycles. The van der Waals surface area contributed by atoms with Gasteiger partial charge in [-0.1, -0.05) is 0 Å². The Kier molecular flexibility index (Phi) is 5.44. The van der Waals surface area contributed by atoms with Crippen molar-refractivity contribution in [2.45, 2.75) is 19.8 Å². The van der Waals surface area contributed by atoms with Gasteiger partial charge in [0.05, 0.1) is 32.7 Å². The van der Waals surface area contributed by atoms with E-state index in [2.05, 4.69) is 5.32 Å². The quantitative estimate of drug-likeness (QED) is 0.477. The highest BCUT2D eigenvalue weighted by Gasteiger charge is 2.23. The lowest BCUT2D eigenvalue weighted by Gasteiger charge is -2.24. The smallest absolute Gasteiger partial charge is 0.306 e. The van der Waals surface area contributed by atoms with Gasteiger partial charge >= 0.3 is 5.97 Å². The van der Waals surface area contributed by atoms with Crippen molar-refractivity contribution in [3.05, 3.63) is 0 Å². The molecule has 0 aromatic carbocycles. The maximum Gasteiger partial charge on any atom is 0.306 e. The van der Waals surface area contributed by atoms with E-state index in [1.54, 1.807) is 6.92 Å². The monoisotopic (exact) mass is 256 g/mol. The van der Waals surface area contributed by atoms with E-state index in [0.717, 1.165) is 0 Å². The third-order valence-corrected chi connectivity index (χ3v) is 2.33. The van der Waals surface area contributed by atoms with Gasteiger partial charge in [-0.25, -0.2) is 0 Å². The molecule has 1 fully saturated rings. The molecule has 0 radical (unpaired) electrons. The summed E-state index contributed by atoms with van der Waals surface area (Å²) in [6.45, 7) is 2.03. The first kappa shape index (κ1) is 14.3. The summed E-state index contributed by atoms with van der Waals surface area (Å²) < 4.78 is 4.69. The maximum atomic E-state index is 11.5. The highest BCUT2D eigenvalue weighted by Crippen LogP contribution is 2.00. The molecule has 1 saturated heterocycles.